The van der Waals surface area contributed by atoms with Crippen LogP contribution in [-0.4, -0.2) is 58.1 Å². The molecule has 46 heavy (non-hydrogen) atoms. The van der Waals surface area contributed by atoms with Gasteiger partial charge >= 0.3 is 6.18 Å². The first-order valence-electron chi connectivity index (χ1n) is 15.4. The average molecular weight is 664 g/mol. The minimum Gasteiger partial charge on any atom is -0.398 e. The Labute approximate surface area is 272 Å². The Bertz CT molecular complexity index is 1920. The summed E-state index contributed by atoms with van der Waals surface area (Å²) in [5.41, 5.74) is 12.5. The summed E-state index contributed by atoms with van der Waals surface area (Å²) in [7, 11) is -0.294. The van der Waals surface area contributed by atoms with Gasteiger partial charge < -0.3 is 15.6 Å². The number of anilines is 2. The number of fused-ring (bicyclic) bond motifs is 2. The molecule has 2 aromatic carbocycles. The van der Waals surface area contributed by atoms with E-state index >= 15 is 0 Å². The molecule has 0 radical (unpaired) electrons. The van der Waals surface area contributed by atoms with Crippen molar-refractivity contribution in [1.82, 2.24) is 19.4 Å². The maximum atomic E-state index is 12.9. The highest BCUT2D eigenvalue weighted by Crippen LogP contribution is 2.34. The lowest BCUT2D eigenvalue weighted by molar-refractivity contribution is -0.126. The number of aryl methyl sites for hydroxylation is 3. The van der Waals surface area contributed by atoms with Crippen molar-refractivity contribution in [3.05, 3.63) is 76.1 Å². The van der Waals surface area contributed by atoms with Crippen molar-refractivity contribution in [2.75, 3.05) is 37.5 Å². The first kappa shape index (κ1) is 32.2. The van der Waals surface area contributed by atoms with Crippen LogP contribution in [0.15, 0.2) is 48.8 Å². The van der Waals surface area contributed by atoms with Gasteiger partial charge in [0.15, 0.2) is 0 Å². The Kier molecular flexibility index (Phi) is 9.24. The third-order valence-corrected chi connectivity index (χ3v) is 11.3. The zero-order valence-electron chi connectivity index (χ0n) is 26.2. The van der Waals surface area contributed by atoms with E-state index in [1.54, 1.807) is 6.07 Å². The minimum atomic E-state index is -4.25. The molecule has 1 aliphatic rings. The van der Waals surface area contributed by atoms with Gasteiger partial charge in [0, 0.05) is 53.7 Å². The van der Waals surface area contributed by atoms with Gasteiger partial charge in [-0.25, -0.2) is 9.97 Å². The third kappa shape index (κ3) is 7.00. The van der Waals surface area contributed by atoms with Gasteiger partial charge in [-0.05, 0) is 91.8 Å². The van der Waals surface area contributed by atoms with Crippen LogP contribution in [0.5, 0.6) is 0 Å². The molecule has 12 heteroatoms. The maximum absolute atomic E-state index is 12.9. The smallest absolute Gasteiger partial charge is 0.393 e. The Morgan fingerprint density at radius 3 is 2.59 bits per heavy atom. The number of nitrogen functional groups attached to an aromatic ring is 1. The maximum Gasteiger partial charge on any atom is 0.393 e. The molecule has 1 fully saturated rings. The van der Waals surface area contributed by atoms with Crippen molar-refractivity contribution in [2.45, 2.75) is 57.9 Å². The lowest BCUT2D eigenvalue weighted by atomic mass is 10.0. The predicted molar refractivity (Wildman–Crippen MR) is 183 cm³/mol. The van der Waals surface area contributed by atoms with Crippen LogP contribution in [0.4, 0.5) is 24.7 Å². The number of thiophene rings is 1. The fourth-order valence-corrected chi connectivity index (χ4v) is 8.42. The summed E-state index contributed by atoms with van der Waals surface area (Å²) in [6.45, 7) is 9.87. The number of aromatic nitrogens is 3. The largest absolute Gasteiger partial charge is 0.398 e. The van der Waals surface area contributed by atoms with Gasteiger partial charge in [0.05, 0.1) is 11.8 Å². The van der Waals surface area contributed by atoms with Gasteiger partial charge in [0.25, 0.3) is 0 Å². The molecule has 0 bridgehead atoms. The topological polar surface area (TPSA) is 95.8 Å². The van der Waals surface area contributed by atoms with Crippen LogP contribution in [0.2, 0.25) is 0 Å². The van der Waals surface area contributed by atoms with Crippen molar-refractivity contribution in [2.24, 2.45) is 0 Å². The van der Waals surface area contributed by atoms with Gasteiger partial charge in [-0.2, -0.15) is 18.4 Å². The average Bonchev–Trinajstić information content (AvgIpc) is 3.59. The minimum absolute atomic E-state index is 0.176. The highest BCUT2D eigenvalue weighted by molar-refractivity contribution is 7.64. The molecule has 3 N–H and O–H groups in total. The van der Waals surface area contributed by atoms with Gasteiger partial charge in [0.2, 0.25) is 0 Å². The molecule has 7 nitrogen and oxygen atoms in total. The number of piperidine rings is 1. The van der Waals surface area contributed by atoms with Crippen molar-refractivity contribution in [3.63, 3.8) is 0 Å². The highest BCUT2D eigenvalue weighted by atomic mass is 32.1. The summed E-state index contributed by atoms with van der Waals surface area (Å²) < 4.78 is 40.9. The molecule has 1 aliphatic heterocycles. The van der Waals surface area contributed by atoms with Crippen molar-refractivity contribution in [1.29, 1.82) is 5.26 Å². The van der Waals surface area contributed by atoms with E-state index in [-0.39, 0.29) is 18.8 Å². The summed E-state index contributed by atoms with van der Waals surface area (Å²) in [4.78, 5) is 11.8. The lowest BCUT2D eigenvalue weighted by Gasteiger charge is -2.33. The second-order valence-corrected chi connectivity index (χ2v) is 15.6. The fraction of sp³-hybridized carbons (Fsp3) is 0.382. The first-order chi connectivity index (χ1) is 22.0. The number of nitrogens with one attached hydrogen (secondary N) is 1. The zero-order chi connectivity index (χ0) is 32.6. The molecule has 0 unspecified atom stereocenters. The number of nitriles is 1. The third-order valence-electron chi connectivity index (χ3n) is 8.86. The van der Waals surface area contributed by atoms with Gasteiger partial charge in [-0.15, -0.1) is 11.3 Å². The van der Waals surface area contributed by atoms with E-state index in [1.165, 1.54) is 28.3 Å². The number of alkyl halides is 3. The standard InChI is InChI=1S/C34H37F3N7PS/c1-21-23(5-7-30-27(21)15-25(18-38)44(30)13-8-22-4-6-29(39)31(14-22)45(2)3)19-43-11-9-24(10-12-43)42-32-28-16-26(17-34(35,36)37)46-33(28)41-20-40-32/h4-7,14-16,20,24H,8-13,17,19,39H2,1-3H3,(H,40,41,42). The highest BCUT2D eigenvalue weighted by Gasteiger charge is 2.29. The second-order valence-electron chi connectivity index (χ2n) is 12.3. The number of benzene rings is 2. The molecule has 0 spiro atoms. The summed E-state index contributed by atoms with van der Waals surface area (Å²) in [6, 6.07) is 16.8. The molecule has 6 rings (SSSR count). The molecule has 0 atom stereocenters. The zero-order valence-corrected chi connectivity index (χ0v) is 27.9. The molecule has 1 saturated heterocycles. The van der Waals surface area contributed by atoms with E-state index < -0.39 is 12.6 Å². The molecule has 0 aliphatic carbocycles. The van der Waals surface area contributed by atoms with Gasteiger partial charge in [-0.3, -0.25) is 4.90 Å². The summed E-state index contributed by atoms with van der Waals surface area (Å²) in [6.07, 6.45) is -1.18. The second kappa shape index (κ2) is 13.2. The first-order valence-corrected chi connectivity index (χ1v) is 18.4. The molecule has 240 valence electrons. The number of hydrogen-bond acceptors (Lipinski definition) is 7. The number of rotatable bonds is 9. The van der Waals surface area contributed by atoms with Crippen LogP contribution in [0.1, 0.15) is 40.1 Å². The number of halogens is 3. The number of hydrogen-bond donors (Lipinski definition) is 2. The van der Waals surface area contributed by atoms with E-state index in [0.29, 0.717) is 28.3 Å². The van der Waals surface area contributed by atoms with Crippen LogP contribution in [0.3, 0.4) is 0 Å². The summed E-state index contributed by atoms with van der Waals surface area (Å²) in [5.74, 6) is 0.602. The van der Waals surface area contributed by atoms with Crippen LogP contribution >= 0.6 is 19.3 Å². The van der Waals surface area contributed by atoms with E-state index in [9.17, 15) is 18.4 Å². The van der Waals surface area contributed by atoms with Crippen molar-refractivity contribution >= 4 is 57.2 Å². The molecular weight excluding hydrogens is 626 g/mol. The molecule has 0 saturated carbocycles. The summed E-state index contributed by atoms with van der Waals surface area (Å²) in [5, 5.41) is 16.4. The van der Waals surface area contributed by atoms with Gasteiger partial charge in [-0.1, -0.05) is 20.1 Å². The lowest BCUT2D eigenvalue weighted by Crippen LogP contribution is -2.39. The Morgan fingerprint density at radius 1 is 1.09 bits per heavy atom. The van der Waals surface area contributed by atoms with Crippen LogP contribution < -0.4 is 16.4 Å². The van der Waals surface area contributed by atoms with Gasteiger partial charge in [0.1, 0.15) is 28.7 Å². The monoisotopic (exact) mass is 663 g/mol. The van der Waals surface area contributed by atoms with Crippen molar-refractivity contribution < 1.29 is 13.2 Å². The van der Waals surface area contributed by atoms with E-state index in [2.05, 4.69) is 75.3 Å². The molecular formula is C34H37F3N7PS. The van der Waals surface area contributed by atoms with E-state index in [0.717, 1.165) is 66.8 Å². The Morgan fingerprint density at radius 2 is 1.87 bits per heavy atom. The molecule has 4 heterocycles. The quantitative estimate of drug-likeness (QED) is 0.128. The van der Waals surface area contributed by atoms with Crippen LogP contribution in [0, 0.1) is 18.3 Å². The van der Waals surface area contributed by atoms with Crippen LogP contribution in [-0.2, 0) is 25.9 Å². The normalized spacial score (nSPS) is 14.8. The molecule has 3 aromatic heterocycles. The van der Waals surface area contributed by atoms with Crippen LogP contribution in [0.25, 0.3) is 21.1 Å². The predicted octanol–water partition coefficient (Wildman–Crippen LogP) is 7.20. The van der Waals surface area contributed by atoms with E-state index in [1.807, 2.05) is 12.1 Å². The Hall–Kier alpha value is -3.71. The number of likely N-dealkylation sites (tertiary alicyclic amines) is 1. The fourth-order valence-electron chi connectivity index (χ4n) is 6.37. The summed E-state index contributed by atoms with van der Waals surface area (Å²) >= 11 is 1.07. The van der Waals surface area contributed by atoms with Crippen molar-refractivity contribution in [3.8, 4) is 6.07 Å². The molecule has 5 aromatic rings. The Balaban J connectivity index is 1.11. The number of nitrogens with zero attached hydrogens (tertiary/aromatic N) is 5. The molecule has 0 amide bonds. The van der Waals surface area contributed by atoms with E-state index in [4.69, 9.17) is 5.73 Å². The SMILES string of the molecule is Cc1c(CN2CCC(Nc3ncnc4sc(CC(F)(F)F)cc34)CC2)ccc2c1cc(C#N)n2CCc1ccc(N)c(P(C)C)c1. The number of nitrogens with two attached hydrogens (primary N) is 1.